The fraction of sp³-hybridized carbons (Fsp3) is 0.118. The van der Waals surface area contributed by atoms with Crippen molar-refractivity contribution in [1.82, 2.24) is 5.32 Å². The minimum Gasteiger partial charge on any atom is -0.468 e. The molecule has 6 nitrogen and oxygen atoms in total. The molecular weight excluding hydrogens is 334 g/mol. The van der Waals surface area contributed by atoms with E-state index in [0.29, 0.717) is 0 Å². The van der Waals surface area contributed by atoms with Gasteiger partial charge in [0.05, 0.1) is 7.11 Å². The summed E-state index contributed by atoms with van der Waals surface area (Å²) in [5.74, 6) is -4.16. The molecule has 2 aromatic carbocycles. The van der Waals surface area contributed by atoms with Crippen LogP contribution in [0.3, 0.4) is 0 Å². The quantitative estimate of drug-likeness (QED) is 0.811. The average Bonchev–Trinajstić information content (AvgIpc) is 2.59. The summed E-state index contributed by atoms with van der Waals surface area (Å²) in [6, 6.07) is 8.76. The zero-order chi connectivity index (χ0) is 18.4. The molecule has 0 atom stereocenters. The summed E-state index contributed by atoms with van der Waals surface area (Å²) in [5.41, 5.74) is -0.405. The van der Waals surface area contributed by atoms with Crippen LogP contribution in [0.15, 0.2) is 42.5 Å². The van der Waals surface area contributed by atoms with Crippen molar-refractivity contribution < 1.29 is 27.9 Å². The van der Waals surface area contributed by atoms with E-state index in [-0.39, 0.29) is 17.8 Å². The average molecular weight is 348 g/mol. The van der Waals surface area contributed by atoms with Gasteiger partial charge < -0.3 is 15.4 Å². The number of esters is 1. The van der Waals surface area contributed by atoms with E-state index in [4.69, 9.17) is 0 Å². The number of anilines is 1. The summed E-state index contributed by atoms with van der Waals surface area (Å²) in [6.45, 7) is -0.313. The van der Waals surface area contributed by atoms with Gasteiger partial charge in [0.2, 0.25) is 0 Å². The summed E-state index contributed by atoms with van der Waals surface area (Å²) in [6.07, 6.45) is 0. The van der Waals surface area contributed by atoms with Gasteiger partial charge in [0.15, 0.2) is 0 Å². The van der Waals surface area contributed by atoms with Crippen molar-refractivity contribution in [1.29, 1.82) is 0 Å². The van der Waals surface area contributed by atoms with Crippen LogP contribution in [-0.4, -0.2) is 31.4 Å². The van der Waals surface area contributed by atoms with Crippen LogP contribution in [-0.2, 0) is 9.53 Å². The van der Waals surface area contributed by atoms with Crippen LogP contribution in [0.25, 0.3) is 0 Å². The molecule has 0 radical (unpaired) electrons. The molecule has 2 amide bonds. The summed E-state index contributed by atoms with van der Waals surface area (Å²) >= 11 is 0. The summed E-state index contributed by atoms with van der Waals surface area (Å²) in [5, 5.41) is 4.65. The Morgan fingerprint density at radius 2 is 1.64 bits per heavy atom. The number of benzene rings is 2. The highest BCUT2D eigenvalue weighted by atomic mass is 19.1. The summed E-state index contributed by atoms with van der Waals surface area (Å²) in [7, 11) is 1.19. The van der Waals surface area contributed by atoms with Crippen LogP contribution < -0.4 is 10.6 Å². The van der Waals surface area contributed by atoms with Gasteiger partial charge in [0.25, 0.3) is 11.8 Å². The molecule has 0 aliphatic rings. The fourth-order valence-corrected chi connectivity index (χ4v) is 1.97. The highest BCUT2D eigenvalue weighted by Gasteiger charge is 2.17. The molecular formula is C17H14F2N2O4. The lowest BCUT2D eigenvalue weighted by atomic mass is 10.1. The molecule has 0 aromatic heterocycles. The van der Waals surface area contributed by atoms with Gasteiger partial charge in [-0.3, -0.25) is 14.4 Å². The Labute approximate surface area is 141 Å². The maximum absolute atomic E-state index is 13.6. The zero-order valence-corrected chi connectivity index (χ0v) is 13.1. The fourth-order valence-electron chi connectivity index (χ4n) is 1.97. The van der Waals surface area contributed by atoms with Crippen LogP contribution in [0.5, 0.6) is 0 Å². The van der Waals surface area contributed by atoms with E-state index in [0.717, 1.165) is 18.2 Å². The monoisotopic (exact) mass is 348 g/mol. The van der Waals surface area contributed by atoms with Crippen LogP contribution in [0.4, 0.5) is 14.5 Å². The first kappa shape index (κ1) is 18.1. The first-order valence-corrected chi connectivity index (χ1v) is 7.13. The summed E-state index contributed by atoms with van der Waals surface area (Å²) in [4.78, 5) is 35.0. The van der Waals surface area contributed by atoms with E-state index in [1.54, 1.807) is 0 Å². The molecule has 2 rings (SSSR count). The predicted molar refractivity (Wildman–Crippen MR) is 85.1 cm³/mol. The topological polar surface area (TPSA) is 84.5 Å². The second-order valence-electron chi connectivity index (χ2n) is 4.89. The van der Waals surface area contributed by atoms with Crippen molar-refractivity contribution in [2.45, 2.75) is 0 Å². The van der Waals surface area contributed by atoms with Crippen molar-refractivity contribution >= 4 is 23.5 Å². The number of carbonyl (C=O) groups is 3. The predicted octanol–water partition coefficient (Wildman–Crippen LogP) is 2.12. The SMILES string of the molecule is COC(=O)CNC(=O)c1cccc(NC(=O)c2c(F)cccc2F)c1. The molecule has 25 heavy (non-hydrogen) atoms. The van der Waals surface area contributed by atoms with Crippen molar-refractivity contribution in [3.8, 4) is 0 Å². The Balaban J connectivity index is 2.12. The van der Waals surface area contributed by atoms with Gasteiger partial charge in [-0.25, -0.2) is 8.78 Å². The number of hydrogen-bond donors (Lipinski definition) is 2. The molecule has 0 saturated heterocycles. The molecule has 0 unspecified atom stereocenters. The van der Waals surface area contributed by atoms with Crippen LogP contribution in [0.2, 0.25) is 0 Å². The Bertz CT molecular complexity index is 804. The minimum atomic E-state index is -0.996. The molecule has 0 aliphatic carbocycles. The van der Waals surface area contributed by atoms with Gasteiger partial charge in [-0.2, -0.15) is 0 Å². The maximum atomic E-state index is 13.6. The molecule has 8 heteroatoms. The number of halogens is 2. The first-order chi connectivity index (χ1) is 11.9. The highest BCUT2D eigenvalue weighted by Crippen LogP contribution is 2.16. The molecule has 0 saturated carbocycles. The van der Waals surface area contributed by atoms with Crippen LogP contribution in [0, 0.1) is 11.6 Å². The number of rotatable bonds is 5. The molecule has 0 bridgehead atoms. The highest BCUT2D eigenvalue weighted by molar-refractivity contribution is 6.05. The van der Waals surface area contributed by atoms with Crippen LogP contribution >= 0.6 is 0 Å². The molecule has 2 aromatic rings. The largest absolute Gasteiger partial charge is 0.468 e. The molecule has 0 aliphatic heterocycles. The number of amides is 2. The number of hydrogen-bond acceptors (Lipinski definition) is 4. The smallest absolute Gasteiger partial charge is 0.325 e. The third-order valence-corrected chi connectivity index (χ3v) is 3.19. The molecule has 2 N–H and O–H groups in total. The Hall–Kier alpha value is -3.29. The standard InChI is InChI=1S/C17H14F2N2O4/c1-25-14(22)9-20-16(23)10-4-2-5-11(8-10)21-17(24)15-12(18)6-3-7-13(15)19/h2-8H,9H2,1H3,(H,20,23)(H,21,24). The lowest BCUT2D eigenvalue weighted by molar-refractivity contribution is -0.139. The van der Waals surface area contributed by atoms with Crippen molar-refractivity contribution in [2.75, 3.05) is 19.0 Å². The van der Waals surface area contributed by atoms with E-state index >= 15 is 0 Å². The number of methoxy groups -OCH3 is 1. The first-order valence-electron chi connectivity index (χ1n) is 7.13. The Kier molecular flexibility index (Phi) is 5.78. The van der Waals surface area contributed by atoms with E-state index in [9.17, 15) is 23.2 Å². The molecule has 0 heterocycles. The van der Waals surface area contributed by atoms with Gasteiger partial charge in [0.1, 0.15) is 23.7 Å². The van der Waals surface area contributed by atoms with Gasteiger partial charge >= 0.3 is 5.97 Å². The Morgan fingerprint density at radius 1 is 1.00 bits per heavy atom. The van der Waals surface area contributed by atoms with Gasteiger partial charge in [-0.15, -0.1) is 0 Å². The summed E-state index contributed by atoms with van der Waals surface area (Å²) < 4.78 is 31.6. The van der Waals surface area contributed by atoms with Crippen LogP contribution in [0.1, 0.15) is 20.7 Å². The van der Waals surface area contributed by atoms with E-state index < -0.39 is 35.0 Å². The van der Waals surface area contributed by atoms with Crippen molar-refractivity contribution in [2.24, 2.45) is 0 Å². The normalized spacial score (nSPS) is 10.0. The van der Waals surface area contributed by atoms with Crippen molar-refractivity contribution in [3.63, 3.8) is 0 Å². The van der Waals surface area contributed by atoms with E-state index in [2.05, 4.69) is 15.4 Å². The van der Waals surface area contributed by atoms with Gasteiger partial charge in [0, 0.05) is 11.3 Å². The third kappa shape index (κ3) is 4.60. The second-order valence-corrected chi connectivity index (χ2v) is 4.89. The minimum absolute atomic E-state index is 0.149. The molecule has 0 fully saturated rings. The van der Waals surface area contributed by atoms with Crippen molar-refractivity contribution in [3.05, 3.63) is 65.2 Å². The lowest BCUT2D eigenvalue weighted by Gasteiger charge is -2.09. The third-order valence-electron chi connectivity index (χ3n) is 3.19. The second kappa shape index (κ2) is 8.00. The van der Waals surface area contributed by atoms with E-state index in [1.807, 2.05) is 0 Å². The number of ether oxygens (including phenoxy) is 1. The lowest BCUT2D eigenvalue weighted by Crippen LogP contribution is -2.30. The van der Waals surface area contributed by atoms with Gasteiger partial charge in [-0.05, 0) is 30.3 Å². The number of nitrogens with one attached hydrogen (secondary N) is 2. The maximum Gasteiger partial charge on any atom is 0.325 e. The zero-order valence-electron chi connectivity index (χ0n) is 13.1. The Morgan fingerprint density at radius 3 is 2.28 bits per heavy atom. The molecule has 130 valence electrons. The van der Waals surface area contributed by atoms with E-state index in [1.165, 1.54) is 31.4 Å². The number of carbonyl (C=O) groups excluding carboxylic acids is 3. The van der Waals surface area contributed by atoms with Gasteiger partial charge in [-0.1, -0.05) is 12.1 Å². The molecule has 0 spiro atoms.